The fourth-order valence-corrected chi connectivity index (χ4v) is 9.12. The first-order valence-corrected chi connectivity index (χ1v) is 21.5. The minimum Gasteiger partial charge on any atom is -0.282 e. The Kier molecular flexibility index (Phi) is 8.44. The summed E-state index contributed by atoms with van der Waals surface area (Å²) in [6.07, 6.45) is 2.35. The summed E-state index contributed by atoms with van der Waals surface area (Å²) in [5.41, 5.74) is 0.643. The average Bonchev–Trinajstić information content (AvgIpc) is 3.77. The molecule has 0 unspecified atom stereocenters. The molecule has 0 bridgehead atoms. The lowest BCUT2D eigenvalue weighted by atomic mass is 10.1. The van der Waals surface area contributed by atoms with Crippen molar-refractivity contribution >= 4 is 96.2 Å². The molecule has 0 aliphatic carbocycles. The number of nitrogens with zero attached hydrogens (tertiary/aromatic N) is 6. The molecule has 0 saturated carbocycles. The highest BCUT2D eigenvalue weighted by atomic mass is 32.2. The quantitative estimate of drug-likeness (QED) is 0.120. The summed E-state index contributed by atoms with van der Waals surface area (Å²) in [5.74, 6) is 0. The summed E-state index contributed by atoms with van der Waals surface area (Å²) in [4.78, 5) is 0.0356. The van der Waals surface area contributed by atoms with Crippen molar-refractivity contribution in [2.24, 2.45) is 0 Å². The largest absolute Gasteiger partial charge is 0.295 e. The smallest absolute Gasteiger partial charge is 0.282 e. The van der Waals surface area contributed by atoms with Gasteiger partial charge in [0.25, 0.3) is 40.5 Å². The van der Waals surface area contributed by atoms with Gasteiger partial charge in [-0.15, -0.1) is 20.4 Å². The molecule has 0 aliphatic rings. The molecule has 0 atom stereocenters. The van der Waals surface area contributed by atoms with Crippen LogP contribution in [0.4, 0.5) is 0 Å². The molecule has 56 heavy (non-hydrogen) atoms. The van der Waals surface area contributed by atoms with Gasteiger partial charge in [0.05, 0.1) is 11.4 Å². The zero-order chi connectivity index (χ0) is 39.9. The van der Waals surface area contributed by atoms with E-state index in [1.54, 1.807) is 24.3 Å². The van der Waals surface area contributed by atoms with Gasteiger partial charge in [-0.25, -0.2) is 0 Å². The third-order valence-corrected chi connectivity index (χ3v) is 12.4. The molecule has 0 saturated heterocycles. The Morgan fingerprint density at radius 3 is 1.38 bits per heavy atom. The number of rotatable bonds is 8. The van der Waals surface area contributed by atoms with Crippen molar-refractivity contribution in [3.63, 3.8) is 0 Å². The van der Waals surface area contributed by atoms with E-state index in [0.717, 1.165) is 27.8 Å². The molecule has 8 rings (SSSR count). The molecule has 22 heteroatoms. The van der Waals surface area contributed by atoms with Gasteiger partial charge < -0.3 is 0 Å². The van der Waals surface area contributed by atoms with Crippen molar-refractivity contribution in [3.05, 3.63) is 108 Å². The molecule has 2 aromatic heterocycles. The van der Waals surface area contributed by atoms with E-state index >= 15 is 0 Å². The second kappa shape index (κ2) is 12.8. The Morgan fingerprint density at radius 1 is 0.411 bits per heavy atom. The van der Waals surface area contributed by atoms with Gasteiger partial charge in [-0.1, -0.05) is 66.7 Å². The van der Waals surface area contributed by atoms with Crippen molar-refractivity contribution in [1.82, 2.24) is 30.0 Å². The minimum absolute atomic E-state index is 0.0209. The Bertz CT molecular complexity index is 3490. The molecule has 0 spiro atoms. The van der Waals surface area contributed by atoms with Crippen LogP contribution in [0.2, 0.25) is 0 Å². The molecule has 2 heterocycles. The van der Waals surface area contributed by atoms with E-state index in [9.17, 15) is 51.9 Å². The van der Waals surface area contributed by atoms with Gasteiger partial charge in [0.1, 0.15) is 41.6 Å². The highest BCUT2D eigenvalue weighted by Gasteiger charge is 2.23. The second-order valence-corrected chi connectivity index (χ2v) is 17.8. The summed E-state index contributed by atoms with van der Waals surface area (Å²) in [6.45, 7) is 0. The van der Waals surface area contributed by atoms with Gasteiger partial charge in [0.2, 0.25) is 0 Å². The zero-order valence-electron chi connectivity index (χ0n) is 27.8. The van der Waals surface area contributed by atoms with Crippen LogP contribution < -0.4 is 0 Å². The summed E-state index contributed by atoms with van der Waals surface area (Å²) in [7, 11) is -19.1. The van der Waals surface area contributed by atoms with Gasteiger partial charge in [-0.3, -0.25) is 18.2 Å². The molecule has 8 aromatic rings. The Morgan fingerprint density at radius 2 is 0.857 bits per heavy atom. The lowest BCUT2D eigenvalue weighted by Gasteiger charge is -2.08. The molecular formula is C34H22N6O12S4. The SMILES string of the molecule is O=S(=O)(O)c1cc(-n2nc3ccc4c(S(=O)(=O)O)cccc4c3n2)ccc1/C=C/c1ccc(-n2nc3cc(S(=O)(=O)O)c4ccccc4c3n2)cc1S(=O)(=O)O. The van der Waals surface area contributed by atoms with Crippen molar-refractivity contribution < 1.29 is 51.9 Å². The molecule has 0 amide bonds. The third-order valence-electron chi connectivity index (χ3n) is 8.73. The topological polar surface area (TPSA) is 279 Å². The van der Waals surface area contributed by atoms with E-state index < -0.39 is 55.2 Å². The summed E-state index contributed by atoms with van der Waals surface area (Å²) in [6, 6.07) is 21.8. The molecular weight excluding hydrogens is 813 g/mol. The summed E-state index contributed by atoms with van der Waals surface area (Å²) < 4.78 is 138. The highest BCUT2D eigenvalue weighted by Crippen LogP contribution is 2.32. The van der Waals surface area contributed by atoms with E-state index in [2.05, 4.69) is 20.4 Å². The fraction of sp³-hybridized carbons (Fsp3) is 0. The van der Waals surface area contributed by atoms with E-state index in [-0.39, 0.29) is 60.2 Å². The van der Waals surface area contributed by atoms with Crippen LogP contribution in [0.3, 0.4) is 0 Å². The van der Waals surface area contributed by atoms with Crippen LogP contribution in [-0.2, 0) is 40.5 Å². The second-order valence-electron chi connectivity index (χ2n) is 12.2. The van der Waals surface area contributed by atoms with Crippen molar-refractivity contribution in [3.8, 4) is 11.4 Å². The van der Waals surface area contributed by atoms with E-state index in [1.807, 2.05) is 0 Å². The summed E-state index contributed by atoms with van der Waals surface area (Å²) >= 11 is 0. The first-order chi connectivity index (χ1) is 26.3. The predicted molar refractivity (Wildman–Crippen MR) is 201 cm³/mol. The van der Waals surface area contributed by atoms with E-state index in [4.69, 9.17) is 0 Å². The zero-order valence-corrected chi connectivity index (χ0v) is 31.0. The number of fused-ring (bicyclic) bond motifs is 6. The van der Waals surface area contributed by atoms with Gasteiger partial charge in [-0.05, 0) is 53.6 Å². The van der Waals surface area contributed by atoms with Crippen LogP contribution >= 0.6 is 0 Å². The monoisotopic (exact) mass is 834 g/mol. The van der Waals surface area contributed by atoms with Crippen molar-refractivity contribution in [1.29, 1.82) is 0 Å². The third kappa shape index (κ3) is 6.58. The number of hydrogen-bond donors (Lipinski definition) is 4. The van der Waals surface area contributed by atoms with Crippen LogP contribution in [-0.4, -0.2) is 81.9 Å². The maximum atomic E-state index is 12.6. The minimum atomic E-state index is -4.95. The first-order valence-electron chi connectivity index (χ1n) is 15.7. The number of hydrogen-bond acceptors (Lipinski definition) is 12. The molecule has 18 nitrogen and oxygen atoms in total. The maximum absolute atomic E-state index is 12.6. The molecule has 6 aromatic carbocycles. The van der Waals surface area contributed by atoms with Crippen LogP contribution in [0, 0.1) is 0 Å². The van der Waals surface area contributed by atoms with E-state index in [0.29, 0.717) is 10.8 Å². The van der Waals surface area contributed by atoms with Crippen LogP contribution in [0.15, 0.2) is 117 Å². The summed E-state index contributed by atoms with van der Waals surface area (Å²) in [5, 5.41) is 18.4. The van der Waals surface area contributed by atoms with Gasteiger partial charge >= 0.3 is 0 Å². The Hall–Kier alpha value is -5.98. The highest BCUT2D eigenvalue weighted by molar-refractivity contribution is 7.86. The maximum Gasteiger partial charge on any atom is 0.295 e. The Labute approximate surface area is 315 Å². The fourth-order valence-electron chi connectivity index (χ4n) is 6.29. The molecule has 4 N–H and O–H groups in total. The Balaban J connectivity index is 1.18. The van der Waals surface area contributed by atoms with Crippen LogP contribution in [0.1, 0.15) is 11.1 Å². The van der Waals surface area contributed by atoms with Crippen LogP contribution in [0.25, 0.3) is 67.1 Å². The predicted octanol–water partition coefficient (Wildman–Crippen LogP) is 4.62. The molecule has 0 fully saturated rings. The van der Waals surface area contributed by atoms with Gasteiger partial charge in [-0.2, -0.15) is 43.3 Å². The van der Waals surface area contributed by atoms with Crippen molar-refractivity contribution in [2.75, 3.05) is 0 Å². The lowest BCUT2D eigenvalue weighted by molar-refractivity contribution is 0.480. The molecule has 0 aliphatic heterocycles. The standard InChI is InChI=1S/C34H22N6O12S4/c41-53(42,43)29-7-3-6-26-24(29)14-15-27-33(26)37-39(35-27)21-12-10-19(30(16-21)54(44,45)46)8-9-20-11-13-22(17-31(20)55(47,48)49)40-36-28-18-32(56(50,51)52)23-4-1-2-5-25(23)34(28)38-40/h1-18H,(H,41,42,43)(H,44,45,46)(H,47,48,49)(H,50,51,52)/b9-8+. The number of benzene rings is 6. The number of aromatic nitrogens is 6. The first kappa shape index (κ1) is 37.0. The van der Waals surface area contributed by atoms with Crippen LogP contribution in [0.5, 0.6) is 0 Å². The lowest BCUT2D eigenvalue weighted by Crippen LogP contribution is -2.06. The normalized spacial score (nSPS) is 13.1. The van der Waals surface area contributed by atoms with Gasteiger partial charge in [0, 0.05) is 21.5 Å². The van der Waals surface area contributed by atoms with Gasteiger partial charge in [0.15, 0.2) is 0 Å². The molecule has 284 valence electrons. The van der Waals surface area contributed by atoms with E-state index in [1.165, 1.54) is 66.7 Å². The molecule has 0 radical (unpaired) electrons. The average molecular weight is 835 g/mol. The van der Waals surface area contributed by atoms with Crippen molar-refractivity contribution in [2.45, 2.75) is 19.6 Å².